The second kappa shape index (κ2) is 7.13. The van der Waals surface area contributed by atoms with Crippen LogP contribution in [0.5, 0.6) is 5.75 Å². The highest BCUT2D eigenvalue weighted by Crippen LogP contribution is 2.35. The molecular weight excluding hydrogens is 456 g/mol. The van der Waals surface area contributed by atoms with Crippen molar-refractivity contribution in [1.29, 1.82) is 0 Å². The minimum atomic E-state index is -0.189. The summed E-state index contributed by atoms with van der Waals surface area (Å²) in [5.41, 5.74) is 2.74. The molecule has 0 radical (unpaired) electrons. The van der Waals surface area contributed by atoms with E-state index in [2.05, 4.69) is 42.2 Å². The van der Waals surface area contributed by atoms with Crippen LogP contribution in [-0.4, -0.2) is 16.2 Å². The molecule has 0 atom stereocenters. The molecule has 2 N–H and O–H groups in total. The van der Waals surface area contributed by atoms with E-state index in [1.165, 1.54) is 11.8 Å². The molecule has 7 heteroatoms. The average Bonchev–Trinajstić information content (AvgIpc) is 2.87. The summed E-state index contributed by atoms with van der Waals surface area (Å²) in [5, 5.41) is 13.1. The predicted octanol–water partition coefficient (Wildman–Crippen LogP) is 5.12. The molecule has 2 aromatic rings. The van der Waals surface area contributed by atoms with E-state index >= 15 is 0 Å². The van der Waals surface area contributed by atoms with E-state index < -0.39 is 0 Å². The molecule has 1 saturated heterocycles. The second-order valence-corrected chi connectivity index (χ2v) is 7.89. The summed E-state index contributed by atoms with van der Waals surface area (Å²) in [7, 11) is 0. The average molecular weight is 468 g/mol. The molecule has 0 saturated carbocycles. The van der Waals surface area contributed by atoms with Crippen molar-refractivity contribution in [3.8, 4) is 5.75 Å². The number of phenols is 1. The minimum absolute atomic E-state index is 0.127. The zero-order chi connectivity index (χ0) is 17.3. The van der Waals surface area contributed by atoms with Gasteiger partial charge in [0.2, 0.25) is 0 Å². The molecule has 0 spiro atoms. The molecule has 1 aliphatic heterocycles. The Morgan fingerprint density at radius 3 is 2.42 bits per heavy atom. The first-order valence-corrected chi connectivity index (χ1v) is 9.37. The Kier molecular flexibility index (Phi) is 5.12. The summed E-state index contributed by atoms with van der Waals surface area (Å²) >= 11 is 7.85. The van der Waals surface area contributed by atoms with Crippen molar-refractivity contribution in [2.45, 2.75) is 6.92 Å². The third-order valence-corrected chi connectivity index (χ3v) is 5.37. The first-order valence-electron chi connectivity index (χ1n) is 6.96. The van der Waals surface area contributed by atoms with Crippen molar-refractivity contribution in [3.63, 3.8) is 0 Å². The third kappa shape index (κ3) is 3.91. The molecule has 1 aliphatic rings. The number of phenolic OH excluding ortho intramolecular Hbond substituents is 1. The minimum Gasteiger partial charge on any atom is -0.506 e. The maximum atomic E-state index is 12.1. The SMILES string of the molecule is Cc1ccc(N=C2NC(=O)C(=Cc3cc(Br)c(O)c(Br)c3)S2)cc1. The molecule has 0 bridgehead atoms. The van der Waals surface area contributed by atoms with E-state index in [0.29, 0.717) is 19.0 Å². The van der Waals surface area contributed by atoms with Crippen LogP contribution in [0.1, 0.15) is 11.1 Å². The lowest BCUT2D eigenvalue weighted by molar-refractivity contribution is -0.115. The highest BCUT2D eigenvalue weighted by molar-refractivity contribution is 9.11. The Morgan fingerprint density at radius 2 is 1.79 bits per heavy atom. The molecule has 3 rings (SSSR count). The fourth-order valence-corrected chi connectivity index (χ4v) is 4.10. The summed E-state index contributed by atoms with van der Waals surface area (Å²) < 4.78 is 1.11. The maximum Gasteiger partial charge on any atom is 0.264 e. The number of hydrogen-bond acceptors (Lipinski definition) is 4. The van der Waals surface area contributed by atoms with Gasteiger partial charge < -0.3 is 10.4 Å². The number of aryl methyl sites for hydroxylation is 1. The first-order chi connectivity index (χ1) is 11.4. The van der Waals surface area contributed by atoms with Crippen LogP contribution in [0.25, 0.3) is 6.08 Å². The highest BCUT2D eigenvalue weighted by atomic mass is 79.9. The van der Waals surface area contributed by atoms with E-state index in [9.17, 15) is 9.90 Å². The Bertz CT molecular complexity index is 854. The van der Waals surface area contributed by atoms with E-state index in [-0.39, 0.29) is 11.7 Å². The molecule has 24 heavy (non-hydrogen) atoms. The van der Waals surface area contributed by atoms with Crippen molar-refractivity contribution in [2.24, 2.45) is 4.99 Å². The Balaban J connectivity index is 1.86. The molecule has 2 aromatic carbocycles. The van der Waals surface area contributed by atoms with E-state index in [1.54, 1.807) is 18.2 Å². The molecule has 1 amide bonds. The van der Waals surface area contributed by atoms with Crippen molar-refractivity contribution in [2.75, 3.05) is 0 Å². The Morgan fingerprint density at radius 1 is 1.17 bits per heavy atom. The number of amides is 1. The number of carbonyl (C=O) groups excluding carboxylic acids is 1. The van der Waals surface area contributed by atoms with Gasteiger partial charge in [-0.25, -0.2) is 4.99 Å². The summed E-state index contributed by atoms with van der Waals surface area (Å²) in [4.78, 5) is 17.1. The number of benzene rings is 2. The number of amidine groups is 1. The van der Waals surface area contributed by atoms with Gasteiger partial charge in [0.25, 0.3) is 5.91 Å². The largest absolute Gasteiger partial charge is 0.506 e. The van der Waals surface area contributed by atoms with Crippen LogP contribution in [0.3, 0.4) is 0 Å². The number of carbonyl (C=O) groups is 1. The number of halogens is 2. The summed E-state index contributed by atoms with van der Waals surface area (Å²) in [6.07, 6.45) is 1.76. The molecule has 1 heterocycles. The monoisotopic (exact) mass is 466 g/mol. The van der Waals surface area contributed by atoms with Gasteiger partial charge >= 0.3 is 0 Å². The van der Waals surface area contributed by atoms with Gasteiger partial charge in [-0.3, -0.25) is 4.79 Å². The van der Waals surface area contributed by atoms with E-state index in [1.807, 2.05) is 31.2 Å². The lowest BCUT2D eigenvalue weighted by Crippen LogP contribution is -2.19. The Labute approximate surface area is 160 Å². The van der Waals surface area contributed by atoms with Crippen molar-refractivity contribution >= 4 is 66.5 Å². The van der Waals surface area contributed by atoms with Crippen LogP contribution in [0.2, 0.25) is 0 Å². The number of nitrogens with one attached hydrogen (secondary N) is 1. The third-order valence-electron chi connectivity index (χ3n) is 3.25. The van der Waals surface area contributed by atoms with Gasteiger partial charge in [0.1, 0.15) is 5.75 Å². The summed E-state index contributed by atoms with van der Waals surface area (Å²) in [5.74, 6) is -0.0616. The summed E-state index contributed by atoms with van der Waals surface area (Å²) in [6, 6.07) is 11.3. The smallest absolute Gasteiger partial charge is 0.264 e. The lowest BCUT2D eigenvalue weighted by Gasteiger charge is -2.02. The van der Waals surface area contributed by atoms with Crippen molar-refractivity contribution < 1.29 is 9.90 Å². The second-order valence-electron chi connectivity index (χ2n) is 5.15. The van der Waals surface area contributed by atoms with E-state index in [0.717, 1.165) is 16.8 Å². The van der Waals surface area contributed by atoms with Crippen molar-refractivity contribution in [1.82, 2.24) is 5.32 Å². The van der Waals surface area contributed by atoms with Crippen LogP contribution in [0.15, 0.2) is 55.2 Å². The van der Waals surface area contributed by atoms with Crippen LogP contribution in [0, 0.1) is 6.92 Å². The predicted molar refractivity (Wildman–Crippen MR) is 105 cm³/mol. The van der Waals surface area contributed by atoms with Crippen molar-refractivity contribution in [3.05, 3.63) is 61.4 Å². The molecular formula is C17H12Br2N2O2S. The zero-order valence-electron chi connectivity index (χ0n) is 12.5. The quantitative estimate of drug-likeness (QED) is 0.602. The number of hydrogen-bond donors (Lipinski definition) is 2. The standard InChI is InChI=1S/C17H12Br2N2O2S/c1-9-2-4-11(5-3-9)20-17-21-16(23)14(24-17)8-10-6-12(18)15(22)13(19)7-10/h2-8,22H,1H3,(H,20,21,23). The summed E-state index contributed by atoms with van der Waals surface area (Å²) in [6.45, 7) is 2.01. The van der Waals surface area contributed by atoms with Crippen LogP contribution >= 0.6 is 43.6 Å². The van der Waals surface area contributed by atoms with Gasteiger partial charge in [-0.05, 0) is 86.5 Å². The number of nitrogens with zero attached hydrogens (tertiary/aromatic N) is 1. The van der Waals surface area contributed by atoms with Gasteiger partial charge in [-0.15, -0.1) is 0 Å². The first kappa shape index (κ1) is 17.3. The fourth-order valence-electron chi connectivity index (χ4n) is 2.04. The molecule has 122 valence electrons. The van der Waals surface area contributed by atoms with Gasteiger partial charge in [0.05, 0.1) is 19.5 Å². The maximum absolute atomic E-state index is 12.1. The Hall–Kier alpha value is -1.57. The normalized spacial score (nSPS) is 17.5. The van der Waals surface area contributed by atoms with Gasteiger partial charge in [-0.2, -0.15) is 0 Å². The zero-order valence-corrected chi connectivity index (χ0v) is 16.5. The van der Waals surface area contributed by atoms with Gasteiger partial charge in [-0.1, -0.05) is 17.7 Å². The number of thioether (sulfide) groups is 1. The molecule has 1 fully saturated rings. The fraction of sp³-hybridized carbons (Fsp3) is 0.0588. The van der Waals surface area contributed by atoms with Crippen LogP contribution in [0.4, 0.5) is 5.69 Å². The number of aliphatic imine (C=N–C) groups is 1. The lowest BCUT2D eigenvalue weighted by atomic mass is 10.2. The number of aromatic hydroxyl groups is 1. The highest BCUT2D eigenvalue weighted by Gasteiger charge is 2.24. The van der Waals surface area contributed by atoms with Gasteiger partial charge in [0, 0.05) is 0 Å². The van der Waals surface area contributed by atoms with E-state index in [4.69, 9.17) is 0 Å². The topological polar surface area (TPSA) is 61.7 Å². The molecule has 0 aromatic heterocycles. The molecule has 0 unspecified atom stereocenters. The van der Waals surface area contributed by atoms with Crippen LogP contribution in [-0.2, 0) is 4.79 Å². The molecule has 0 aliphatic carbocycles. The van der Waals surface area contributed by atoms with Crippen LogP contribution < -0.4 is 5.32 Å². The number of rotatable bonds is 2. The van der Waals surface area contributed by atoms with Gasteiger partial charge in [0.15, 0.2) is 5.17 Å². The molecule has 4 nitrogen and oxygen atoms in total.